The first-order valence-electron chi connectivity index (χ1n) is 7.92. The third-order valence-electron chi connectivity index (χ3n) is 4.70. The summed E-state index contributed by atoms with van der Waals surface area (Å²) in [7, 11) is 0. The predicted octanol–water partition coefficient (Wildman–Crippen LogP) is 2.74. The van der Waals surface area contributed by atoms with E-state index in [-0.39, 0.29) is 17.7 Å². The lowest BCUT2D eigenvalue weighted by Crippen LogP contribution is -2.41. The number of ether oxygens (including phenoxy) is 2. The Morgan fingerprint density at radius 2 is 2.29 bits per heavy atom. The van der Waals surface area contributed by atoms with Gasteiger partial charge in [-0.2, -0.15) is 0 Å². The molecule has 0 aromatic carbocycles. The summed E-state index contributed by atoms with van der Waals surface area (Å²) >= 11 is 0. The number of nitrogen functional groups attached to an aromatic ring is 1. The molecule has 21 heavy (non-hydrogen) atoms. The molecule has 1 atom stereocenters. The zero-order valence-electron chi connectivity index (χ0n) is 12.6. The lowest BCUT2D eigenvalue weighted by molar-refractivity contribution is -0.117. The van der Waals surface area contributed by atoms with Crippen LogP contribution in [0.15, 0.2) is 12.3 Å². The zero-order chi connectivity index (χ0) is 14.9. The van der Waals surface area contributed by atoms with E-state index in [2.05, 4.69) is 0 Å². The van der Waals surface area contributed by atoms with Crippen molar-refractivity contribution in [3.63, 3.8) is 0 Å². The summed E-state index contributed by atoms with van der Waals surface area (Å²) in [6, 6.07) is 1.69. The van der Waals surface area contributed by atoms with Gasteiger partial charge in [-0.05, 0) is 25.8 Å². The molecule has 0 amide bonds. The molecule has 1 saturated heterocycles. The fraction of sp³-hybridized carbons (Fsp3) is 0.688. The first-order chi connectivity index (χ1) is 10.1. The highest BCUT2D eigenvalue weighted by Gasteiger charge is 2.41. The average Bonchev–Trinajstić information content (AvgIpc) is 3.06. The topological polar surface area (TPSA) is 66.5 Å². The number of aryl methyl sites for hydroxylation is 1. The zero-order valence-corrected chi connectivity index (χ0v) is 12.6. The Hall–Kier alpha value is -1.49. The summed E-state index contributed by atoms with van der Waals surface area (Å²) in [6.45, 7) is 3.38. The van der Waals surface area contributed by atoms with Crippen molar-refractivity contribution in [2.24, 2.45) is 0 Å². The van der Waals surface area contributed by atoms with Crippen LogP contribution < -0.4 is 5.73 Å². The number of aromatic nitrogens is 1. The van der Waals surface area contributed by atoms with E-state index in [9.17, 15) is 4.79 Å². The molecule has 5 heteroatoms. The second-order valence-corrected chi connectivity index (χ2v) is 6.20. The van der Waals surface area contributed by atoms with Gasteiger partial charge in [0, 0.05) is 25.6 Å². The van der Waals surface area contributed by atoms with Gasteiger partial charge in [-0.1, -0.05) is 12.8 Å². The summed E-state index contributed by atoms with van der Waals surface area (Å²) in [4.78, 5) is 12.4. The Morgan fingerprint density at radius 1 is 1.52 bits per heavy atom. The van der Waals surface area contributed by atoms with Crippen molar-refractivity contribution in [3.8, 4) is 0 Å². The van der Waals surface area contributed by atoms with Crippen LogP contribution in [-0.2, 0) is 16.0 Å². The highest BCUT2D eigenvalue weighted by molar-refractivity contribution is 5.89. The molecule has 2 N–H and O–H groups in total. The van der Waals surface area contributed by atoms with Gasteiger partial charge in [0.2, 0.25) is 0 Å². The summed E-state index contributed by atoms with van der Waals surface area (Å²) in [5, 5.41) is 0. The number of carbonyl (C=O) groups excluding carboxylic acids is 1. The maximum atomic E-state index is 12.4. The number of rotatable bonds is 3. The normalized spacial score (nSPS) is 24.3. The minimum absolute atomic E-state index is 0.0328. The van der Waals surface area contributed by atoms with Crippen molar-refractivity contribution in [2.75, 3.05) is 12.3 Å². The van der Waals surface area contributed by atoms with Crippen LogP contribution in [0.2, 0.25) is 0 Å². The van der Waals surface area contributed by atoms with Crippen LogP contribution in [0, 0.1) is 0 Å². The molecule has 1 aliphatic carbocycles. The number of esters is 1. The van der Waals surface area contributed by atoms with Gasteiger partial charge < -0.3 is 19.8 Å². The number of hydrogen-bond donors (Lipinski definition) is 1. The van der Waals surface area contributed by atoms with Gasteiger partial charge in [-0.3, -0.25) is 0 Å². The van der Waals surface area contributed by atoms with Gasteiger partial charge in [0.1, 0.15) is 11.8 Å². The molecule has 2 heterocycles. The molecule has 1 aromatic rings. The maximum absolute atomic E-state index is 12.4. The first-order valence-corrected chi connectivity index (χ1v) is 7.92. The van der Waals surface area contributed by atoms with Crippen LogP contribution in [0.3, 0.4) is 0 Å². The molecule has 1 aliphatic heterocycles. The Bertz CT molecular complexity index is 518. The quantitative estimate of drug-likeness (QED) is 0.870. The molecule has 1 unspecified atom stereocenters. The second-order valence-electron chi connectivity index (χ2n) is 6.20. The molecule has 3 rings (SSSR count). The average molecular weight is 292 g/mol. The molecular weight excluding hydrogens is 268 g/mol. The standard InChI is InChI=1S/C16H24N2O3/c1-2-18-11-12(17)9-14(18)15(19)21-13-5-8-20-16(10-13)6-3-4-7-16/h9,11,13H,2-8,10,17H2,1H3. The molecule has 0 radical (unpaired) electrons. The van der Waals surface area contributed by atoms with Crippen molar-refractivity contribution < 1.29 is 14.3 Å². The van der Waals surface area contributed by atoms with Gasteiger partial charge in [-0.15, -0.1) is 0 Å². The minimum Gasteiger partial charge on any atom is -0.458 e. The van der Waals surface area contributed by atoms with Gasteiger partial charge >= 0.3 is 5.97 Å². The van der Waals surface area contributed by atoms with Crippen LogP contribution in [0.1, 0.15) is 55.9 Å². The summed E-state index contributed by atoms with van der Waals surface area (Å²) in [5.41, 5.74) is 6.88. The maximum Gasteiger partial charge on any atom is 0.355 e. The van der Waals surface area contributed by atoms with Crippen LogP contribution in [0.25, 0.3) is 0 Å². The van der Waals surface area contributed by atoms with Crippen LogP contribution in [0.5, 0.6) is 0 Å². The molecule has 2 aliphatic rings. The summed E-state index contributed by atoms with van der Waals surface area (Å²) in [5.74, 6) is -0.270. The lowest BCUT2D eigenvalue weighted by atomic mass is 9.90. The third kappa shape index (κ3) is 2.93. The first kappa shape index (κ1) is 14.4. The number of anilines is 1. The van der Waals surface area contributed by atoms with Crippen molar-refractivity contribution in [1.29, 1.82) is 0 Å². The van der Waals surface area contributed by atoms with E-state index < -0.39 is 0 Å². The van der Waals surface area contributed by atoms with E-state index in [0.717, 1.165) is 25.7 Å². The number of nitrogens with zero attached hydrogens (tertiary/aromatic N) is 1. The van der Waals surface area contributed by atoms with Crippen molar-refractivity contribution in [3.05, 3.63) is 18.0 Å². The van der Waals surface area contributed by atoms with E-state index in [1.54, 1.807) is 12.3 Å². The molecule has 1 spiro atoms. The molecule has 5 nitrogen and oxygen atoms in total. The molecule has 1 aromatic heterocycles. The van der Waals surface area contributed by atoms with Crippen LogP contribution >= 0.6 is 0 Å². The lowest BCUT2D eigenvalue weighted by Gasteiger charge is -2.37. The van der Waals surface area contributed by atoms with Crippen molar-refractivity contribution in [1.82, 2.24) is 4.57 Å². The number of carbonyl (C=O) groups is 1. The van der Waals surface area contributed by atoms with Crippen LogP contribution in [-0.4, -0.2) is 28.8 Å². The van der Waals surface area contributed by atoms with E-state index in [1.165, 1.54) is 12.8 Å². The Labute approximate surface area is 125 Å². The number of nitrogens with two attached hydrogens (primary N) is 1. The fourth-order valence-corrected chi connectivity index (χ4v) is 3.63. The molecule has 116 valence electrons. The van der Waals surface area contributed by atoms with Crippen LogP contribution in [0.4, 0.5) is 5.69 Å². The largest absolute Gasteiger partial charge is 0.458 e. The highest BCUT2D eigenvalue weighted by Crippen LogP contribution is 2.40. The SMILES string of the molecule is CCn1cc(N)cc1C(=O)OC1CCOC2(CCCC2)C1. The Morgan fingerprint density at radius 3 is 3.00 bits per heavy atom. The Balaban J connectivity index is 1.66. The summed E-state index contributed by atoms with van der Waals surface area (Å²) < 4.78 is 13.5. The molecule has 1 saturated carbocycles. The van der Waals surface area contributed by atoms with Gasteiger partial charge in [0.05, 0.1) is 17.9 Å². The van der Waals surface area contributed by atoms with E-state index in [0.29, 0.717) is 24.5 Å². The molecular formula is C16H24N2O3. The fourth-order valence-electron chi connectivity index (χ4n) is 3.63. The smallest absolute Gasteiger partial charge is 0.355 e. The monoisotopic (exact) mass is 292 g/mol. The summed E-state index contributed by atoms with van der Waals surface area (Å²) in [6.07, 6.45) is 7.99. The molecule has 0 bridgehead atoms. The van der Waals surface area contributed by atoms with Gasteiger partial charge in [0.25, 0.3) is 0 Å². The van der Waals surface area contributed by atoms with Gasteiger partial charge in [0.15, 0.2) is 0 Å². The van der Waals surface area contributed by atoms with E-state index >= 15 is 0 Å². The minimum atomic E-state index is -0.270. The third-order valence-corrected chi connectivity index (χ3v) is 4.70. The predicted molar refractivity (Wildman–Crippen MR) is 80.1 cm³/mol. The Kier molecular flexibility index (Phi) is 3.93. The second kappa shape index (κ2) is 5.72. The van der Waals surface area contributed by atoms with Crippen molar-refractivity contribution in [2.45, 2.75) is 63.7 Å². The molecule has 2 fully saturated rings. The highest BCUT2D eigenvalue weighted by atomic mass is 16.6. The van der Waals surface area contributed by atoms with Gasteiger partial charge in [-0.25, -0.2) is 4.79 Å². The van der Waals surface area contributed by atoms with E-state index in [4.69, 9.17) is 15.2 Å². The number of hydrogen-bond acceptors (Lipinski definition) is 4. The van der Waals surface area contributed by atoms with Crippen molar-refractivity contribution >= 4 is 11.7 Å². The van der Waals surface area contributed by atoms with E-state index in [1.807, 2.05) is 11.5 Å².